The Bertz CT molecular complexity index is 1890. The van der Waals surface area contributed by atoms with Gasteiger partial charge in [-0.1, -0.05) is 91.0 Å². The van der Waals surface area contributed by atoms with Crippen LogP contribution in [0.3, 0.4) is 0 Å². The number of aromatic carboxylic acids is 10. The molecule has 5 N–H and O–H groups in total. The third kappa shape index (κ3) is 18.3. The molecule has 0 unspecified atom stereocenters. The van der Waals surface area contributed by atoms with Crippen molar-refractivity contribution in [3.05, 3.63) is 177 Å². The standard InChI is InChI=1S/5C8H6O4.K.Si/c5*9-7(10)5-3-1-2-4-6(5)8(11)12;;/h5*1-4H,(H,9,10)(H,11,12);;/q;;;;;+1;+4/p-5. The van der Waals surface area contributed by atoms with E-state index in [1.807, 2.05) is 0 Å². The van der Waals surface area contributed by atoms with Crippen molar-refractivity contribution in [2.75, 3.05) is 0 Å². The van der Waals surface area contributed by atoms with Gasteiger partial charge >= 0.3 is 92.2 Å². The van der Waals surface area contributed by atoms with Crippen molar-refractivity contribution in [2.45, 2.75) is 0 Å². The maximum absolute atomic E-state index is 10.4. The Kier molecular flexibility index (Phi) is 25.8. The summed E-state index contributed by atoms with van der Waals surface area (Å²) in [4.78, 5) is 104. The van der Waals surface area contributed by atoms with E-state index in [0.29, 0.717) is 0 Å². The van der Waals surface area contributed by atoms with Crippen LogP contribution in [0.25, 0.3) is 0 Å². The van der Waals surface area contributed by atoms with Crippen LogP contribution in [0.1, 0.15) is 104 Å². The molecule has 62 heavy (non-hydrogen) atoms. The molecule has 0 fully saturated rings. The second kappa shape index (κ2) is 28.2. The van der Waals surface area contributed by atoms with Crippen LogP contribution in [0.4, 0.5) is 0 Å². The Morgan fingerprint density at radius 3 is 0.419 bits per heavy atom. The zero-order valence-corrected chi connectivity index (χ0v) is 35.5. The number of hydrogen-bond donors (Lipinski definition) is 5. The van der Waals surface area contributed by atoms with E-state index >= 15 is 0 Å². The van der Waals surface area contributed by atoms with Crippen molar-refractivity contribution in [3.63, 3.8) is 0 Å². The van der Waals surface area contributed by atoms with Crippen LogP contribution in [-0.2, 0) is 0 Å². The predicted molar refractivity (Wildman–Crippen MR) is 194 cm³/mol. The Balaban J connectivity index is 0. The molecule has 0 saturated heterocycles. The van der Waals surface area contributed by atoms with E-state index in [2.05, 4.69) is 0 Å². The summed E-state index contributed by atoms with van der Waals surface area (Å²) >= 11 is 0. The maximum atomic E-state index is 10.4. The van der Waals surface area contributed by atoms with E-state index in [9.17, 15) is 73.5 Å². The molecular formula is C40H25KO20Si. The van der Waals surface area contributed by atoms with E-state index in [1.165, 1.54) is 121 Å². The van der Waals surface area contributed by atoms with Gasteiger partial charge in [-0.2, -0.15) is 0 Å². The van der Waals surface area contributed by atoms with Gasteiger partial charge in [0.1, 0.15) is 0 Å². The van der Waals surface area contributed by atoms with Gasteiger partial charge in [0.2, 0.25) is 0 Å². The zero-order valence-electron chi connectivity index (χ0n) is 31.4. The van der Waals surface area contributed by atoms with E-state index in [-0.39, 0.29) is 118 Å². The van der Waals surface area contributed by atoms with Crippen LogP contribution >= 0.6 is 0 Å². The molecule has 0 heterocycles. The molecule has 0 radical (unpaired) electrons. The largest absolute Gasteiger partial charge is 4.00 e. The molecule has 5 aromatic rings. The minimum Gasteiger partial charge on any atom is -0.545 e. The molecule has 0 aromatic heterocycles. The van der Waals surface area contributed by atoms with Crippen LogP contribution in [0.15, 0.2) is 121 Å². The van der Waals surface area contributed by atoms with Crippen molar-refractivity contribution in [1.82, 2.24) is 0 Å². The zero-order chi connectivity index (χ0) is 45.7. The molecular weight excluding hydrogens is 868 g/mol. The number of carboxylic acid groups (broad SMARTS) is 10. The Morgan fingerprint density at radius 2 is 0.355 bits per heavy atom. The fourth-order valence-corrected chi connectivity index (χ4v) is 4.24. The van der Waals surface area contributed by atoms with E-state index in [1.54, 1.807) is 0 Å². The SMILES string of the molecule is O=C([O-])c1ccccc1C(=O)O.O=C([O-])c1ccccc1C(=O)O.O=C([O-])c1ccccc1C(=O)O.O=C([O-])c1ccccc1C(=O)O.O=C([O-])c1ccccc1C(=O)O.[K+].[Si+4]. The summed E-state index contributed by atoms with van der Waals surface area (Å²) in [5.41, 5.74) is -2.77. The summed E-state index contributed by atoms with van der Waals surface area (Å²) in [6.07, 6.45) is 0. The first-order valence-electron chi connectivity index (χ1n) is 15.8. The Hall–Kier alpha value is -7.35. The van der Waals surface area contributed by atoms with Crippen molar-refractivity contribution >= 4 is 70.7 Å². The molecule has 310 valence electrons. The number of hydrogen-bond acceptors (Lipinski definition) is 15. The van der Waals surface area contributed by atoms with E-state index < -0.39 is 59.7 Å². The summed E-state index contributed by atoms with van der Waals surface area (Å²) in [7, 11) is 0. The summed E-state index contributed by atoms with van der Waals surface area (Å²) in [6, 6.07) is 26.5. The van der Waals surface area contributed by atoms with Gasteiger partial charge in [0.25, 0.3) is 0 Å². The molecule has 0 aliphatic rings. The fourth-order valence-electron chi connectivity index (χ4n) is 4.24. The number of rotatable bonds is 10. The van der Waals surface area contributed by atoms with Gasteiger partial charge in [0, 0.05) is 27.8 Å². The summed E-state index contributed by atoms with van der Waals surface area (Å²) < 4.78 is 0. The Labute approximate surface area is 395 Å². The number of benzene rings is 5. The summed E-state index contributed by atoms with van der Waals surface area (Å²) in [5.74, 6) is -13.7. The smallest absolute Gasteiger partial charge is 0.545 e. The molecule has 22 heteroatoms. The molecule has 0 bridgehead atoms. The second-order valence-corrected chi connectivity index (χ2v) is 10.7. The molecule has 20 nitrogen and oxygen atoms in total. The summed E-state index contributed by atoms with van der Waals surface area (Å²) in [5, 5.41) is 94.4. The quantitative estimate of drug-likeness (QED) is 0.0823. The number of carboxylic acids is 10. The molecule has 0 spiro atoms. The maximum Gasteiger partial charge on any atom is 4.00 e. The van der Waals surface area contributed by atoms with Gasteiger partial charge in [-0.15, -0.1) is 0 Å². The van der Waals surface area contributed by atoms with E-state index in [4.69, 9.17) is 25.5 Å². The monoisotopic (exact) mass is 892 g/mol. The number of carbonyl (C=O) groups is 10. The molecule has 5 aromatic carbocycles. The number of carbonyl (C=O) groups excluding carboxylic acids is 5. The van der Waals surface area contributed by atoms with Crippen LogP contribution in [-0.4, -0.2) is 96.2 Å². The van der Waals surface area contributed by atoms with Crippen molar-refractivity contribution in [1.29, 1.82) is 0 Å². The fraction of sp³-hybridized carbons (Fsp3) is 0. The van der Waals surface area contributed by atoms with Crippen LogP contribution in [0.2, 0.25) is 0 Å². The van der Waals surface area contributed by atoms with Gasteiger partial charge in [-0.05, 0) is 30.3 Å². The second-order valence-electron chi connectivity index (χ2n) is 10.7. The van der Waals surface area contributed by atoms with E-state index in [0.717, 1.165) is 0 Å². The van der Waals surface area contributed by atoms with Crippen molar-refractivity contribution in [3.8, 4) is 0 Å². The first kappa shape index (κ1) is 56.7. The first-order chi connectivity index (χ1) is 28.1. The molecule has 0 saturated carbocycles. The van der Waals surface area contributed by atoms with Crippen molar-refractivity contribution < 1.29 is 150 Å². The third-order valence-electron chi connectivity index (χ3n) is 6.89. The van der Waals surface area contributed by atoms with Crippen LogP contribution < -0.4 is 76.9 Å². The third-order valence-corrected chi connectivity index (χ3v) is 6.89. The van der Waals surface area contributed by atoms with Crippen LogP contribution in [0, 0.1) is 0 Å². The van der Waals surface area contributed by atoms with Crippen molar-refractivity contribution in [2.24, 2.45) is 0 Å². The first-order valence-corrected chi connectivity index (χ1v) is 15.8. The van der Waals surface area contributed by atoms with Gasteiger partial charge in [-0.3, -0.25) is 0 Å². The Morgan fingerprint density at radius 1 is 0.258 bits per heavy atom. The molecule has 0 aliphatic heterocycles. The average Bonchev–Trinajstić information content (AvgIpc) is 3.21. The van der Waals surface area contributed by atoms with Gasteiger partial charge in [-0.25, -0.2) is 24.0 Å². The minimum atomic E-state index is -1.48. The van der Waals surface area contributed by atoms with Crippen LogP contribution in [0.5, 0.6) is 0 Å². The summed E-state index contributed by atoms with van der Waals surface area (Å²) in [6.45, 7) is 0. The average molecular weight is 893 g/mol. The van der Waals surface area contributed by atoms with Gasteiger partial charge in [0.15, 0.2) is 0 Å². The molecule has 0 atom stereocenters. The van der Waals surface area contributed by atoms with Gasteiger partial charge in [0.05, 0.1) is 57.7 Å². The predicted octanol–water partition coefficient (Wildman–Crippen LogP) is -4.64. The molecule has 0 amide bonds. The molecule has 5 rings (SSSR count). The van der Waals surface area contributed by atoms with Gasteiger partial charge < -0.3 is 75.0 Å². The topological polar surface area (TPSA) is 387 Å². The normalized spacial score (nSPS) is 9.03. The minimum absolute atomic E-state index is 0. The molecule has 0 aliphatic carbocycles.